The molecule has 0 spiro atoms. The lowest BCUT2D eigenvalue weighted by molar-refractivity contribution is -0.132. The molecule has 0 saturated carbocycles. The molecule has 2 atom stereocenters. The van der Waals surface area contributed by atoms with E-state index in [0.29, 0.717) is 5.70 Å². The van der Waals surface area contributed by atoms with E-state index in [2.05, 4.69) is 10.6 Å². The van der Waals surface area contributed by atoms with Gasteiger partial charge in [0.2, 0.25) is 5.91 Å². The molecule has 2 amide bonds. The summed E-state index contributed by atoms with van der Waals surface area (Å²) in [4.78, 5) is 24.0. The predicted octanol–water partition coefficient (Wildman–Crippen LogP) is 1.69. The van der Waals surface area contributed by atoms with E-state index >= 15 is 0 Å². The number of carbonyl (C=O) groups excluding carboxylic acids is 2. The summed E-state index contributed by atoms with van der Waals surface area (Å²) < 4.78 is 0. The largest absolute Gasteiger partial charge is 0.339 e. The first kappa shape index (κ1) is 13.3. The average Bonchev–Trinajstić information content (AvgIpc) is 2.43. The van der Waals surface area contributed by atoms with Crippen LogP contribution in [0.4, 0.5) is 0 Å². The number of rotatable bonds is 3. The summed E-state index contributed by atoms with van der Waals surface area (Å²) in [5, 5.41) is 5.46. The fraction of sp³-hybridized carbons (Fsp3) is 0.333. The molecule has 19 heavy (non-hydrogen) atoms. The highest BCUT2D eigenvalue weighted by Crippen LogP contribution is 2.14. The molecule has 1 heterocycles. The molecule has 1 aliphatic heterocycles. The smallest absolute Gasteiger partial charge is 0.268 e. The van der Waals surface area contributed by atoms with Crippen molar-refractivity contribution in [2.24, 2.45) is 5.92 Å². The molecule has 0 aromatic heterocycles. The zero-order chi connectivity index (χ0) is 13.8. The Balaban J connectivity index is 2.17. The van der Waals surface area contributed by atoms with Crippen molar-refractivity contribution in [3.8, 4) is 0 Å². The van der Waals surface area contributed by atoms with Gasteiger partial charge in [-0.25, -0.2) is 0 Å². The van der Waals surface area contributed by atoms with Crippen molar-refractivity contribution in [3.63, 3.8) is 0 Å². The van der Waals surface area contributed by atoms with Gasteiger partial charge in [0.05, 0.1) is 0 Å². The van der Waals surface area contributed by atoms with Gasteiger partial charge in [-0.15, -0.1) is 0 Å². The Morgan fingerprint density at radius 3 is 2.58 bits per heavy atom. The van der Waals surface area contributed by atoms with Crippen molar-refractivity contribution in [1.29, 1.82) is 0 Å². The Hall–Kier alpha value is -2.10. The summed E-state index contributed by atoms with van der Waals surface area (Å²) in [7, 11) is 0. The van der Waals surface area contributed by atoms with Gasteiger partial charge in [-0.1, -0.05) is 50.6 Å². The monoisotopic (exact) mass is 258 g/mol. The third-order valence-corrected chi connectivity index (χ3v) is 3.40. The van der Waals surface area contributed by atoms with Crippen molar-refractivity contribution in [2.75, 3.05) is 0 Å². The number of amides is 2. The molecule has 2 unspecified atom stereocenters. The number of hydrogen-bond donors (Lipinski definition) is 2. The minimum atomic E-state index is -0.439. The number of carbonyl (C=O) groups is 2. The SMILES string of the molecule is CCC(C)C1NC(=O)C(=Cc2ccccc2)NC1=O. The summed E-state index contributed by atoms with van der Waals surface area (Å²) in [6, 6.07) is 9.00. The zero-order valence-corrected chi connectivity index (χ0v) is 11.1. The number of piperazine rings is 1. The summed E-state index contributed by atoms with van der Waals surface area (Å²) >= 11 is 0. The van der Waals surface area contributed by atoms with Gasteiger partial charge in [-0.05, 0) is 17.6 Å². The first-order valence-corrected chi connectivity index (χ1v) is 6.50. The van der Waals surface area contributed by atoms with E-state index in [9.17, 15) is 9.59 Å². The van der Waals surface area contributed by atoms with Crippen molar-refractivity contribution in [2.45, 2.75) is 26.3 Å². The highest BCUT2D eigenvalue weighted by molar-refractivity contribution is 6.07. The van der Waals surface area contributed by atoms with Gasteiger partial charge in [-0.2, -0.15) is 0 Å². The fourth-order valence-corrected chi connectivity index (χ4v) is 2.01. The van der Waals surface area contributed by atoms with E-state index in [-0.39, 0.29) is 17.7 Å². The van der Waals surface area contributed by atoms with Crippen LogP contribution in [0.2, 0.25) is 0 Å². The number of hydrogen-bond acceptors (Lipinski definition) is 2. The number of benzene rings is 1. The van der Waals surface area contributed by atoms with Crippen molar-refractivity contribution in [3.05, 3.63) is 41.6 Å². The van der Waals surface area contributed by atoms with Crippen molar-refractivity contribution in [1.82, 2.24) is 10.6 Å². The van der Waals surface area contributed by atoms with Crippen LogP contribution < -0.4 is 10.6 Å². The molecule has 2 N–H and O–H groups in total. The molecular weight excluding hydrogens is 240 g/mol. The Labute approximate surface area is 112 Å². The Morgan fingerprint density at radius 1 is 1.26 bits per heavy atom. The molecule has 4 heteroatoms. The Morgan fingerprint density at radius 2 is 1.95 bits per heavy atom. The van der Waals surface area contributed by atoms with Gasteiger partial charge >= 0.3 is 0 Å². The normalized spacial score (nSPS) is 22.8. The molecular formula is C15H18N2O2. The lowest BCUT2D eigenvalue weighted by Crippen LogP contribution is -2.57. The molecule has 1 fully saturated rings. The third-order valence-electron chi connectivity index (χ3n) is 3.40. The van der Waals surface area contributed by atoms with Crippen LogP contribution in [0.5, 0.6) is 0 Å². The summed E-state index contributed by atoms with van der Waals surface area (Å²) in [5.74, 6) is -0.243. The molecule has 1 saturated heterocycles. The van der Waals surface area contributed by atoms with Gasteiger partial charge in [0.15, 0.2) is 0 Å². The number of nitrogens with one attached hydrogen (secondary N) is 2. The molecule has 0 aliphatic carbocycles. The maximum absolute atomic E-state index is 12.0. The summed E-state index contributed by atoms with van der Waals surface area (Å²) in [5.41, 5.74) is 1.19. The van der Waals surface area contributed by atoms with Gasteiger partial charge in [0.1, 0.15) is 11.7 Å². The van der Waals surface area contributed by atoms with E-state index in [1.54, 1.807) is 6.08 Å². The minimum absolute atomic E-state index is 0.127. The van der Waals surface area contributed by atoms with Crippen LogP contribution >= 0.6 is 0 Å². The second-order valence-corrected chi connectivity index (χ2v) is 4.79. The molecule has 2 rings (SSSR count). The van der Waals surface area contributed by atoms with E-state index in [1.807, 2.05) is 44.2 Å². The maximum atomic E-state index is 12.0. The van der Waals surface area contributed by atoms with Crippen LogP contribution in [-0.4, -0.2) is 17.9 Å². The lowest BCUT2D eigenvalue weighted by Gasteiger charge is -2.28. The van der Waals surface area contributed by atoms with Gasteiger partial charge < -0.3 is 10.6 Å². The standard InChI is InChI=1S/C15H18N2O2/c1-3-10(2)13-15(19)16-12(14(18)17-13)9-11-7-5-4-6-8-11/h4-10,13H,3H2,1-2H3,(H,16,19)(H,17,18). The lowest BCUT2D eigenvalue weighted by atomic mass is 9.96. The average molecular weight is 258 g/mol. The molecule has 1 aliphatic rings. The Kier molecular flexibility index (Phi) is 4.00. The van der Waals surface area contributed by atoms with E-state index < -0.39 is 6.04 Å². The van der Waals surface area contributed by atoms with Crippen LogP contribution in [0.25, 0.3) is 6.08 Å². The zero-order valence-electron chi connectivity index (χ0n) is 11.1. The van der Waals surface area contributed by atoms with Crippen LogP contribution in [0.1, 0.15) is 25.8 Å². The second kappa shape index (κ2) is 5.69. The van der Waals surface area contributed by atoms with Gasteiger partial charge in [-0.3, -0.25) is 9.59 Å². The van der Waals surface area contributed by atoms with Crippen LogP contribution in [0.15, 0.2) is 36.0 Å². The second-order valence-electron chi connectivity index (χ2n) is 4.79. The van der Waals surface area contributed by atoms with Crippen LogP contribution in [0.3, 0.4) is 0 Å². The fourth-order valence-electron chi connectivity index (χ4n) is 2.01. The van der Waals surface area contributed by atoms with Crippen LogP contribution in [0, 0.1) is 5.92 Å². The highest BCUT2D eigenvalue weighted by atomic mass is 16.2. The molecule has 4 nitrogen and oxygen atoms in total. The van der Waals surface area contributed by atoms with Crippen molar-refractivity contribution >= 4 is 17.9 Å². The first-order chi connectivity index (χ1) is 9.11. The maximum Gasteiger partial charge on any atom is 0.268 e. The quantitative estimate of drug-likeness (QED) is 0.811. The molecule has 1 aromatic rings. The first-order valence-electron chi connectivity index (χ1n) is 6.50. The van der Waals surface area contributed by atoms with Gasteiger partial charge in [0, 0.05) is 0 Å². The van der Waals surface area contributed by atoms with E-state index in [4.69, 9.17) is 0 Å². The topological polar surface area (TPSA) is 58.2 Å². The highest BCUT2D eigenvalue weighted by Gasteiger charge is 2.32. The van der Waals surface area contributed by atoms with Crippen molar-refractivity contribution < 1.29 is 9.59 Å². The summed E-state index contributed by atoms with van der Waals surface area (Å²) in [6.07, 6.45) is 2.52. The van der Waals surface area contributed by atoms with Gasteiger partial charge in [0.25, 0.3) is 5.91 Å². The molecule has 100 valence electrons. The van der Waals surface area contributed by atoms with E-state index in [0.717, 1.165) is 12.0 Å². The molecule has 0 bridgehead atoms. The summed E-state index contributed by atoms with van der Waals surface area (Å²) in [6.45, 7) is 3.95. The Bertz CT molecular complexity index is 508. The minimum Gasteiger partial charge on any atom is -0.339 e. The molecule has 0 radical (unpaired) electrons. The third kappa shape index (κ3) is 3.02. The molecule has 1 aromatic carbocycles. The predicted molar refractivity (Wildman–Crippen MR) is 73.9 cm³/mol. The van der Waals surface area contributed by atoms with Crippen LogP contribution in [-0.2, 0) is 9.59 Å². The van der Waals surface area contributed by atoms with E-state index in [1.165, 1.54) is 0 Å².